The maximum atomic E-state index is 10.9. The van der Waals surface area contributed by atoms with E-state index in [2.05, 4.69) is 15.6 Å². The number of thioether (sulfide) groups is 1. The minimum absolute atomic E-state index is 0.0167. The van der Waals surface area contributed by atoms with Gasteiger partial charge in [0.05, 0.1) is 11.2 Å². The summed E-state index contributed by atoms with van der Waals surface area (Å²) < 4.78 is 7.10. The molecule has 1 atom stereocenters. The molecule has 22 heavy (non-hydrogen) atoms. The summed E-state index contributed by atoms with van der Waals surface area (Å²) in [5.74, 6) is 1.31. The van der Waals surface area contributed by atoms with Gasteiger partial charge in [0.1, 0.15) is 5.76 Å². The molecule has 1 N–H and O–H groups in total. The Balaban J connectivity index is 1.70. The molecule has 0 unspecified atom stereocenters. The number of nitro groups is 1. The maximum absolute atomic E-state index is 10.9. The van der Waals surface area contributed by atoms with Crippen molar-refractivity contribution in [1.29, 1.82) is 0 Å². The molecule has 0 saturated carbocycles. The average molecular weight is 315 g/mol. The fourth-order valence-electron chi connectivity index (χ4n) is 2.22. The summed E-state index contributed by atoms with van der Waals surface area (Å²) >= 11 is 1.47. The monoisotopic (exact) mass is 315 g/mol. The number of aromatic nitrogens is 3. The first-order valence-electron chi connectivity index (χ1n) is 6.39. The lowest BCUT2D eigenvalue weighted by molar-refractivity contribution is -0.384. The number of fused-ring (bicyclic) bond motifs is 1. The normalized spacial score (nSPS) is 16.3. The Labute approximate surface area is 128 Å². The van der Waals surface area contributed by atoms with Crippen LogP contribution in [0.4, 0.5) is 5.69 Å². The fourth-order valence-corrected chi connectivity index (χ4v) is 3.17. The lowest BCUT2D eigenvalue weighted by Crippen LogP contribution is -2.13. The molecule has 2 aromatic heterocycles. The van der Waals surface area contributed by atoms with E-state index in [1.807, 2.05) is 12.1 Å². The van der Waals surface area contributed by atoms with E-state index in [1.165, 1.54) is 23.9 Å². The van der Waals surface area contributed by atoms with Crippen LogP contribution in [0.25, 0.3) is 11.4 Å². The van der Waals surface area contributed by atoms with Crippen molar-refractivity contribution in [2.45, 2.75) is 10.5 Å². The van der Waals surface area contributed by atoms with E-state index in [0.29, 0.717) is 16.5 Å². The molecule has 1 aliphatic rings. The highest BCUT2D eigenvalue weighted by Gasteiger charge is 2.30. The first-order chi connectivity index (χ1) is 10.7. The van der Waals surface area contributed by atoms with Crippen LogP contribution >= 0.6 is 11.8 Å². The van der Waals surface area contributed by atoms with Gasteiger partial charge in [-0.15, -0.1) is 10.2 Å². The Morgan fingerprint density at radius 3 is 3.00 bits per heavy atom. The lowest BCUT2D eigenvalue weighted by Gasteiger charge is -2.09. The van der Waals surface area contributed by atoms with E-state index in [4.69, 9.17) is 4.42 Å². The number of hydrogen-bond donors (Lipinski definition) is 1. The lowest BCUT2D eigenvalue weighted by atomic mass is 10.2. The number of benzene rings is 1. The molecule has 0 spiro atoms. The molecule has 0 aliphatic carbocycles. The molecular weight excluding hydrogens is 306 g/mol. The smallest absolute Gasteiger partial charge is 0.270 e. The van der Waals surface area contributed by atoms with Crippen molar-refractivity contribution in [1.82, 2.24) is 14.9 Å². The maximum Gasteiger partial charge on any atom is 0.270 e. The summed E-state index contributed by atoms with van der Waals surface area (Å²) in [5, 5.41) is 19.7. The van der Waals surface area contributed by atoms with E-state index < -0.39 is 4.92 Å². The van der Waals surface area contributed by atoms with Crippen LogP contribution in [-0.4, -0.2) is 19.8 Å². The third-order valence-electron chi connectivity index (χ3n) is 3.22. The second kappa shape index (κ2) is 4.88. The third-order valence-corrected chi connectivity index (χ3v) is 4.27. The number of rotatable bonds is 3. The van der Waals surface area contributed by atoms with E-state index >= 15 is 0 Å². The van der Waals surface area contributed by atoms with Gasteiger partial charge in [-0.25, -0.2) is 4.68 Å². The zero-order valence-electron chi connectivity index (χ0n) is 11.0. The molecule has 110 valence electrons. The largest absolute Gasteiger partial charge is 0.466 e. The van der Waals surface area contributed by atoms with Gasteiger partial charge in [0, 0.05) is 17.7 Å². The van der Waals surface area contributed by atoms with Crippen molar-refractivity contribution in [3.63, 3.8) is 0 Å². The Morgan fingerprint density at radius 1 is 1.32 bits per heavy atom. The quantitative estimate of drug-likeness (QED) is 0.586. The summed E-state index contributed by atoms with van der Waals surface area (Å²) in [6, 6.07) is 10.00. The van der Waals surface area contributed by atoms with Gasteiger partial charge in [0.25, 0.3) is 5.69 Å². The van der Waals surface area contributed by atoms with Crippen LogP contribution in [0.1, 0.15) is 11.1 Å². The van der Waals surface area contributed by atoms with Crippen LogP contribution in [-0.2, 0) is 0 Å². The average Bonchev–Trinajstić information content (AvgIpc) is 3.23. The number of nitrogens with one attached hydrogen (secondary N) is 1. The molecule has 4 rings (SSSR count). The fraction of sp³-hybridized carbons (Fsp3) is 0.0769. The number of hydrogen-bond acceptors (Lipinski definition) is 7. The van der Waals surface area contributed by atoms with Crippen LogP contribution in [0.5, 0.6) is 0 Å². The van der Waals surface area contributed by atoms with Crippen molar-refractivity contribution in [2.75, 3.05) is 5.43 Å². The van der Waals surface area contributed by atoms with Crippen molar-refractivity contribution in [3.05, 3.63) is 58.5 Å². The highest BCUT2D eigenvalue weighted by atomic mass is 32.2. The van der Waals surface area contributed by atoms with Crippen LogP contribution in [0.15, 0.2) is 52.2 Å². The predicted octanol–water partition coefficient (Wildman–Crippen LogP) is 2.79. The van der Waals surface area contributed by atoms with Gasteiger partial charge < -0.3 is 9.84 Å². The number of furan rings is 1. The molecule has 0 saturated heterocycles. The molecule has 3 aromatic rings. The zero-order chi connectivity index (χ0) is 15.1. The predicted molar refractivity (Wildman–Crippen MR) is 78.8 cm³/mol. The Bertz CT molecular complexity index is 845. The Morgan fingerprint density at radius 2 is 2.23 bits per heavy atom. The van der Waals surface area contributed by atoms with E-state index in [-0.39, 0.29) is 11.1 Å². The van der Waals surface area contributed by atoms with Gasteiger partial charge in [-0.1, -0.05) is 12.1 Å². The highest BCUT2D eigenvalue weighted by molar-refractivity contribution is 7.99. The topological polar surface area (TPSA) is 99.0 Å². The first-order valence-corrected chi connectivity index (χ1v) is 7.27. The Kier molecular flexibility index (Phi) is 2.86. The SMILES string of the molecule is O=[N+]([O-])c1cccc(-c2nnc3n2N[C@@H](c2ccco2)S3)c1. The molecule has 1 aromatic carbocycles. The standard InChI is InChI=1S/C13H9N5O3S/c19-18(20)9-4-1-3-8(7-9)11-14-15-13-17(11)16-12(22-13)10-5-2-6-21-10/h1-7,12,16H/t12-/m1/s1. The van der Waals surface area contributed by atoms with Gasteiger partial charge in [-0.3, -0.25) is 10.1 Å². The van der Waals surface area contributed by atoms with Crippen LogP contribution in [0.2, 0.25) is 0 Å². The summed E-state index contributed by atoms with van der Waals surface area (Å²) in [5.41, 5.74) is 3.87. The summed E-state index contributed by atoms with van der Waals surface area (Å²) in [4.78, 5) is 10.5. The van der Waals surface area contributed by atoms with E-state index in [9.17, 15) is 10.1 Å². The van der Waals surface area contributed by atoms with Gasteiger partial charge in [0.2, 0.25) is 5.16 Å². The molecular formula is C13H9N5O3S. The molecule has 0 radical (unpaired) electrons. The van der Waals surface area contributed by atoms with Crippen molar-refractivity contribution < 1.29 is 9.34 Å². The van der Waals surface area contributed by atoms with Crippen LogP contribution in [0, 0.1) is 10.1 Å². The highest BCUT2D eigenvalue weighted by Crippen LogP contribution is 2.40. The Hall–Kier alpha value is -2.81. The first kappa shape index (κ1) is 12.9. The molecule has 8 nitrogen and oxygen atoms in total. The zero-order valence-corrected chi connectivity index (χ0v) is 11.9. The van der Waals surface area contributed by atoms with Crippen molar-refractivity contribution in [3.8, 4) is 11.4 Å². The van der Waals surface area contributed by atoms with Crippen LogP contribution < -0.4 is 5.43 Å². The second-order valence-corrected chi connectivity index (χ2v) is 5.66. The molecule has 0 bridgehead atoms. The van der Waals surface area contributed by atoms with Gasteiger partial charge in [-0.2, -0.15) is 0 Å². The molecule has 0 fully saturated rings. The van der Waals surface area contributed by atoms with E-state index in [1.54, 1.807) is 23.1 Å². The number of non-ortho nitro benzene ring substituents is 1. The summed E-state index contributed by atoms with van der Waals surface area (Å²) in [7, 11) is 0. The van der Waals surface area contributed by atoms with Gasteiger partial charge >= 0.3 is 0 Å². The molecule has 1 aliphatic heterocycles. The van der Waals surface area contributed by atoms with Crippen molar-refractivity contribution in [2.24, 2.45) is 0 Å². The van der Waals surface area contributed by atoms with Crippen LogP contribution in [0.3, 0.4) is 0 Å². The van der Waals surface area contributed by atoms with E-state index in [0.717, 1.165) is 5.76 Å². The van der Waals surface area contributed by atoms with Gasteiger partial charge in [0.15, 0.2) is 11.2 Å². The summed E-state index contributed by atoms with van der Waals surface area (Å²) in [6.07, 6.45) is 1.61. The van der Waals surface area contributed by atoms with Gasteiger partial charge in [-0.05, 0) is 23.9 Å². The third kappa shape index (κ3) is 2.02. The second-order valence-electron chi connectivity index (χ2n) is 4.59. The minimum Gasteiger partial charge on any atom is -0.466 e. The minimum atomic E-state index is -0.432. The molecule has 9 heteroatoms. The molecule has 0 amide bonds. The van der Waals surface area contributed by atoms with Crippen molar-refractivity contribution >= 4 is 17.4 Å². The molecule has 3 heterocycles. The number of nitro benzene ring substituents is 1. The summed E-state index contributed by atoms with van der Waals surface area (Å²) in [6.45, 7) is 0. The number of nitrogens with zero attached hydrogens (tertiary/aromatic N) is 4.